The number of hydrogen-bond donors (Lipinski definition) is 2. The van der Waals surface area contributed by atoms with Crippen LogP contribution in [-0.2, 0) is 0 Å². The number of terminal acetylenes is 2. The van der Waals surface area contributed by atoms with Crippen LogP contribution >= 0.6 is 0 Å². The summed E-state index contributed by atoms with van der Waals surface area (Å²) < 4.78 is 0. The maximum Gasteiger partial charge on any atom is 0.222 e. The van der Waals surface area contributed by atoms with Gasteiger partial charge in [-0.25, -0.2) is 9.97 Å². The first-order chi connectivity index (χ1) is 10.5. The van der Waals surface area contributed by atoms with Crippen molar-refractivity contribution in [2.45, 2.75) is 20.8 Å². The van der Waals surface area contributed by atoms with Gasteiger partial charge in [0, 0.05) is 24.1 Å². The molecule has 0 radical (unpaired) electrons. The van der Waals surface area contributed by atoms with E-state index in [0.717, 1.165) is 17.1 Å². The smallest absolute Gasteiger partial charge is 0.222 e. The zero-order chi connectivity index (χ0) is 17.5. The molecule has 1 aromatic carbocycles. The predicted molar refractivity (Wildman–Crippen MR) is 96.4 cm³/mol. The molecule has 0 aliphatic rings. The van der Waals surface area contributed by atoms with Crippen LogP contribution in [0.1, 0.15) is 17.0 Å². The number of nitrogens with zero attached hydrogens (tertiary/aromatic N) is 2. The van der Waals surface area contributed by atoms with Crippen molar-refractivity contribution in [2.75, 3.05) is 18.1 Å². The van der Waals surface area contributed by atoms with Crippen LogP contribution in [0.3, 0.4) is 0 Å². The average molecular weight is 296 g/mol. The summed E-state index contributed by atoms with van der Waals surface area (Å²) in [4.78, 5) is 8.26. The molecular weight excluding hydrogens is 272 g/mol. The summed E-state index contributed by atoms with van der Waals surface area (Å²) in [7, 11) is 1.81. The van der Waals surface area contributed by atoms with Gasteiger partial charge in [0.25, 0.3) is 0 Å². The summed E-state index contributed by atoms with van der Waals surface area (Å²) >= 11 is 0. The quantitative estimate of drug-likeness (QED) is 0.626. The van der Waals surface area contributed by atoms with E-state index in [1.807, 2.05) is 58.2 Å². The topological polar surface area (TPSA) is 63.8 Å². The zero-order valence-electron chi connectivity index (χ0n) is 13.7. The van der Waals surface area contributed by atoms with E-state index < -0.39 is 0 Å². The second kappa shape index (κ2) is 13.0. The lowest BCUT2D eigenvalue weighted by Crippen LogP contribution is -1.98. The highest BCUT2D eigenvalue weighted by molar-refractivity contribution is 5.38. The average Bonchev–Trinajstić information content (AvgIpc) is 2.54. The van der Waals surface area contributed by atoms with Gasteiger partial charge in [0.05, 0.1) is 0 Å². The number of benzene rings is 1. The van der Waals surface area contributed by atoms with E-state index in [2.05, 4.69) is 41.0 Å². The van der Waals surface area contributed by atoms with Crippen LogP contribution in [0.5, 0.6) is 0 Å². The molecule has 4 nitrogen and oxygen atoms in total. The molecule has 2 aromatic rings. The zero-order valence-corrected chi connectivity index (χ0v) is 13.7. The van der Waals surface area contributed by atoms with Crippen molar-refractivity contribution in [3.8, 4) is 25.7 Å². The molecule has 0 spiro atoms. The Balaban J connectivity index is 0. The van der Waals surface area contributed by atoms with E-state index in [0.29, 0.717) is 5.95 Å². The van der Waals surface area contributed by atoms with Crippen molar-refractivity contribution in [3.05, 3.63) is 47.3 Å². The molecule has 0 saturated heterocycles. The van der Waals surface area contributed by atoms with E-state index in [1.165, 1.54) is 5.56 Å². The highest BCUT2D eigenvalue weighted by Crippen LogP contribution is 2.02. The Morgan fingerprint density at radius 2 is 1.27 bits per heavy atom. The molecule has 116 valence electrons. The van der Waals surface area contributed by atoms with Crippen molar-refractivity contribution in [3.63, 3.8) is 0 Å². The second-order valence-corrected chi connectivity index (χ2v) is 4.13. The first kappa shape index (κ1) is 21.3. The van der Waals surface area contributed by atoms with Crippen LogP contribution < -0.4 is 11.1 Å². The lowest BCUT2D eigenvalue weighted by atomic mass is 10.2. The number of hydrogen-bond acceptors (Lipinski definition) is 4. The Bertz CT molecular complexity index is 521. The lowest BCUT2D eigenvalue weighted by molar-refractivity contribution is 1.05. The Labute approximate surface area is 134 Å². The molecule has 1 heterocycles. The molecule has 0 unspecified atom stereocenters. The molecule has 22 heavy (non-hydrogen) atoms. The number of aromatic nitrogens is 2. The third-order valence-electron chi connectivity index (χ3n) is 2.28. The number of rotatable bonds is 1. The van der Waals surface area contributed by atoms with Gasteiger partial charge in [-0.1, -0.05) is 17.7 Å². The Hall–Kier alpha value is -2.98. The van der Waals surface area contributed by atoms with Gasteiger partial charge in [-0.3, -0.25) is 0 Å². The van der Waals surface area contributed by atoms with E-state index >= 15 is 0 Å². The molecule has 1 aromatic heterocycles. The van der Waals surface area contributed by atoms with Gasteiger partial charge in [0.2, 0.25) is 5.95 Å². The van der Waals surface area contributed by atoms with Gasteiger partial charge in [0.15, 0.2) is 0 Å². The molecule has 3 N–H and O–H groups in total. The summed E-state index contributed by atoms with van der Waals surface area (Å²) in [5.74, 6) is 0.692. The van der Waals surface area contributed by atoms with Crippen LogP contribution in [0, 0.1) is 46.5 Å². The van der Waals surface area contributed by atoms with Crippen LogP contribution in [-0.4, -0.2) is 17.0 Å². The standard InChI is InChI=1S/C7H11N3.C7H9N.2C2H2/c1-5-4-6(2)10-7(8-3)9-5;1-6-2-4-7(8)5-3-6;2*1-2/h4H,1-3H3,(H,8,9,10);2-5H,8H2,1H3;2*1-2H. The minimum Gasteiger partial charge on any atom is -0.399 e. The highest BCUT2D eigenvalue weighted by Gasteiger charge is 1.93. The van der Waals surface area contributed by atoms with Gasteiger partial charge >= 0.3 is 0 Å². The fourth-order valence-corrected chi connectivity index (χ4v) is 1.40. The summed E-state index contributed by atoms with van der Waals surface area (Å²) in [6.07, 6.45) is 16.0. The second-order valence-electron chi connectivity index (χ2n) is 4.13. The van der Waals surface area contributed by atoms with E-state index in [-0.39, 0.29) is 0 Å². The Kier molecular flexibility index (Phi) is 12.6. The minimum absolute atomic E-state index is 0.692. The summed E-state index contributed by atoms with van der Waals surface area (Å²) in [5, 5.41) is 2.89. The third kappa shape index (κ3) is 9.89. The maximum absolute atomic E-state index is 5.43. The van der Waals surface area contributed by atoms with Crippen molar-refractivity contribution in [1.82, 2.24) is 9.97 Å². The highest BCUT2D eigenvalue weighted by atomic mass is 15.1. The van der Waals surface area contributed by atoms with Crippen molar-refractivity contribution >= 4 is 11.6 Å². The third-order valence-corrected chi connectivity index (χ3v) is 2.28. The molecule has 0 atom stereocenters. The first-order valence-corrected chi connectivity index (χ1v) is 6.50. The minimum atomic E-state index is 0.692. The van der Waals surface area contributed by atoms with Crippen molar-refractivity contribution < 1.29 is 0 Å². The van der Waals surface area contributed by atoms with Crippen LogP contribution in [0.15, 0.2) is 30.3 Å². The molecule has 2 rings (SSSR count). The van der Waals surface area contributed by atoms with Crippen LogP contribution in [0.25, 0.3) is 0 Å². The van der Waals surface area contributed by atoms with Crippen LogP contribution in [0.4, 0.5) is 11.6 Å². The molecule has 0 bridgehead atoms. The van der Waals surface area contributed by atoms with Crippen molar-refractivity contribution in [2.24, 2.45) is 0 Å². The number of aryl methyl sites for hydroxylation is 3. The van der Waals surface area contributed by atoms with Crippen LogP contribution in [0.2, 0.25) is 0 Å². The normalized spacial score (nSPS) is 7.82. The number of anilines is 2. The molecule has 0 aliphatic carbocycles. The largest absolute Gasteiger partial charge is 0.399 e. The fourth-order valence-electron chi connectivity index (χ4n) is 1.40. The number of nitrogens with two attached hydrogens (primary N) is 1. The molecule has 0 saturated carbocycles. The molecule has 0 aliphatic heterocycles. The van der Waals surface area contributed by atoms with E-state index in [4.69, 9.17) is 5.73 Å². The SMILES string of the molecule is C#C.C#C.CNc1nc(C)cc(C)n1.Cc1ccc(N)cc1. The van der Waals surface area contributed by atoms with Gasteiger partial charge in [0.1, 0.15) is 0 Å². The summed E-state index contributed by atoms with van der Waals surface area (Å²) in [6, 6.07) is 9.73. The van der Waals surface area contributed by atoms with E-state index in [9.17, 15) is 0 Å². The predicted octanol–water partition coefficient (Wildman–Crippen LogP) is 3.21. The Morgan fingerprint density at radius 3 is 1.59 bits per heavy atom. The molecule has 0 fully saturated rings. The molecule has 0 amide bonds. The fraction of sp³-hybridized carbons (Fsp3) is 0.222. The maximum atomic E-state index is 5.43. The number of nitrogens with one attached hydrogen (secondary N) is 1. The summed E-state index contributed by atoms with van der Waals surface area (Å²) in [6.45, 7) is 5.95. The monoisotopic (exact) mass is 296 g/mol. The van der Waals surface area contributed by atoms with E-state index in [1.54, 1.807) is 0 Å². The molecular formula is C18H24N4. The van der Waals surface area contributed by atoms with Gasteiger partial charge in [-0.15, -0.1) is 25.7 Å². The van der Waals surface area contributed by atoms with Gasteiger partial charge in [-0.05, 0) is 39.0 Å². The van der Waals surface area contributed by atoms with Gasteiger partial charge in [-0.2, -0.15) is 0 Å². The number of nitrogen functional groups attached to an aromatic ring is 1. The lowest BCUT2D eigenvalue weighted by Gasteiger charge is -1.99. The first-order valence-electron chi connectivity index (χ1n) is 6.50. The summed E-state index contributed by atoms with van der Waals surface area (Å²) in [5.41, 5.74) is 9.50. The van der Waals surface area contributed by atoms with Crippen molar-refractivity contribution in [1.29, 1.82) is 0 Å². The Morgan fingerprint density at radius 1 is 0.864 bits per heavy atom. The molecule has 4 heteroatoms. The van der Waals surface area contributed by atoms with Gasteiger partial charge < -0.3 is 11.1 Å².